The average Bonchev–Trinajstić information content (AvgIpc) is 3.39. The summed E-state index contributed by atoms with van der Waals surface area (Å²) >= 11 is 5.64. The van der Waals surface area contributed by atoms with E-state index < -0.39 is 6.04 Å². The van der Waals surface area contributed by atoms with E-state index in [4.69, 9.17) is 12.2 Å². The molecule has 2 aromatic heterocycles. The lowest BCUT2D eigenvalue weighted by Gasteiger charge is -2.29. The van der Waals surface area contributed by atoms with Crippen LogP contribution in [0.2, 0.25) is 0 Å². The van der Waals surface area contributed by atoms with Gasteiger partial charge in [-0.2, -0.15) is 0 Å². The van der Waals surface area contributed by atoms with Gasteiger partial charge in [-0.25, -0.2) is 8.78 Å². The molecule has 5 rings (SSSR count). The third-order valence-corrected chi connectivity index (χ3v) is 5.69. The van der Waals surface area contributed by atoms with Crippen LogP contribution in [0.5, 0.6) is 0 Å². The zero-order valence-corrected chi connectivity index (χ0v) is 17.1. The van der Waals surface area contributed by atoms with Gasteiger partial charge < -0.3 is 14.8 Å². The number of nitrogens with zero attached hydrogens (tertiary/aromatic N) is 3. The first-order chi connectivity index (χ1) is 15.1. The molecule has 0 aliphatic carbocycles. The second-order valence-corrected chi connectivity index (χ2v) is 7.62. The molecule has 0 amide bonds. The van der Waals surface area contributed by atoms with Crippen molar-refractivity contribution < 1.29 is 8.78 Å². The monoisotopic (exact) mass is 432 g/mol. The van der Waals surface area contributed by atoms with Gasteiger partial charge in [0.2, 0.25) is 0 Å². The topological polar surface area (TPSA) is 33.1 Å². The van der Waals surface area contributed by atoms with Crippen LogP contribution in [0.1, 0.15) is 23.5 Å². The van der Waals surface area contributed by atoms with E-state index in [9.17, 15) is 8.78 Å². The van der Waals surface area contributed by atoms with E-state index in [2.05, 4.69) is 10.3 Å². The lowest BCUT2D eigenvalue weighted by Crippen LogP contribution is -2.31. The van der Waals surface area contributed by atoms with Gasteiger partial charge in [-0.3, -0.25) is 4.98 Å². The minimum Gasteiger partial charge on any atom is -0.351 e. The fourth-order valence-corrected chi connectivity index (χ4v) is 4.40. The van der Waals surface area contributed by atoms with E-state index in [0.29, 0.717) is 16.5 Å². The van der Waals surface area contributed by atoms with Crippen LogP contribution in [0.4, 0.5) is 14.5 Å². The lowest BCUT2D eigenvalue weighted by atomic mass is 10.0. The molecule has 1 aliphatic rings. The van der Waals surface area contributed by atoms with Crippen molar-refractivity contribution in [3.63, 3.8) is 0 Å². The number of pyridine rings is 1. The molecule has 1 N–H and O–H groups in total. The number of rotatable bonds is 4. The van der Waals surface area contributed by atoms with Crippen LogP contribution in [0.3, 0.4) is 0 Å². The molecule has 1 aliphatic heterocycles. The number of hydrogen-bond donors (Lipinski definition) is 1. The molecule has 4 nitrogen and oxygen atoms in total. The number of anilines is 1. The highest BCUT2D eigenvalue weighted by molar-refractivity contribution is 7.80. The van der Waals surface area contributed by atoms with Crippen molar-refractivity contribution in [3.05, 3.63) is 114 Å². The molecule has 1 saturated heterocycles. The molecule has 2 atom stereocenters. The number of nitrogens with one attached hydrogen (secondary N) is 1. The molecular weight excluding hydrogens is 414 g/mol. The minimum absolute atomic E-state index is 0.324. The fourth-order valence-electron chi connectivity index (χ4n) is 4.06. The number of hydrogen-bond acceptors (Lipinski definition) is 2. The maximum atomic E-state index is 14.8. The summed E-state index contributed by atoms with van der Waals surface area (Å²) in [6.45, 7) is 0. The van der Waals surface area contributed by atoms with Gasteiger partial charge in [0.15, 0.2) is 5.11 Å². The Labute approximate surface area is 183 Å². The second kappa shape index (κ2) is 7.92. The number of benzene rings is 2. The molecule has 3 heterocycles. The molecule has 7 heteroatoms. The van der Waals surface area contributed by atoms with Gasteiger partial charge >= 0.3 is 0 Å². The van der Waals surface area contributed by atoms with Crippen LogP contribution >= 0.6 is 12.2 Å². The normalized spacial score (nSPS) is 18.3. The summed E-state index contributed by atoms with van der Waals surface area (Å²) in [5.41, 5.74) is 2.65. The van der Waals surface area contributed by atoms with Crippen LogP contribution in [-0.2, 0) is 0 Å². The van der Waals surface area contributed by atoms with Crippen LogP contribution in [0.15, 0.2) is 91.3 Å². The summed E-state index contributed by atoms with van der Waals surface area (Å²) in [6.07, 6.45) is 3.58. The summed E-state index contributed by atoms with van der Waals surface area (Å²) in [5.74, 6) is -0.702. The number of thiocarbonyl (C=S) groups is 1. The lowest BCUT2D eigenvalue weighted by molar-refractivity contribution is 0.541. The van der Waals surface area contributed by atoms with Gasteiger partial charge in [0, 0.05) is 23.8 Å². The van der Waals surface area contributed by atoms with E-state index in [1.807, 2.05) is 47.2 Å². The van der Waals surface area contributed by atoms with Crippen LogP contribution in [0, 0.1) is 11.6 Å². The molecule has 0 unspecified atom stereocenters. The number of aromatic nitrogens is 2. The average molecular weight is 432 g/mol. The first-order valence-corrected chi connectivity index (χ1v) is 10.2. The summed E-state index contributed by atoms with van der Waals surface area (Å²) in [5, 5.41) is 3.72. The molecule has 0 spiro atoms. The van der Waals surface area contributed by atoms with E-state index in [1.165, 1.54) is 18.2 Å². The Morgan fingerprint density at radius 1 is 0.903 bits per heavy atom. The fraction of sp³-hybridized carbons (Fsp3) is 0.0833. The SMILES string of the molecule is Fc1cccc(-n2cccc2[C@@H]2[C@@H](c3ccccn3)NC(=S)N2c2ccccc2F)c1. The van der Waals surface area contributed by atoms with Crippen molar-refractivity contribution in [2.75, 3.05) is 4.90 Å². The quantitative estimate of drug-likeness (QED) is 0.442. The van der Waals surface area contributed by atoms with Gasteiger partial charge in [-0.15, -0.1) is 0 Å². The highest BCUT2D eigenvalue weighted by Gasteiger charge is 2.42. The smallest absolute Gasteiger partial charge is 0.174 e. The summed E-state index contributed by atoms with van der Waals surface area (Å²) < 4.78 is 30.7. The van der Waals surface area contributed by atoms with Crippen molar-refractivity contribution in [3.8, 4) is 5.69 Å². The molecule has 4 aromatic rings. The summed E-state index contributed by atoms with van der Waals surface area (Å²) in [4.78, 5) is 6.28. The van der Waals surface area contributed by atoms with E-state index in [-0.39, 0.29) is 17.7 Å². The Hall–Kier alpha value is -3.58. The maximum absolute atomic E-state index is 14.8. The number of para-hydroxylation sites is 1. The Bertz CT molecular complexity index is 1240. The second-order valence-electron chi connectivity index (χ2n) is 7.23. The van der Waals surface area contributed by atoms with Crippen molar-refractivity contribution in [2.45, 2.75) is 12.1 Å². The van der Waals surface area contributed by atoms with E-state index in [1.54, 1.807) is 35.4 Å². The molecular formula is C24H18F2N4S. The van der Waals surface area contributed by atoms with Gasteiger partial charge in [-0.05, 0) is 66.8 Å². The largest absolute Gasteiger partial charge is 0.351 e. The highest BCUT2D eigenvalue weighted by Crippen LogP contribution is 2.42. The minimum atomic E-state index is -0.405. The Kier molecular flexibility index (Phi) is 4.95. The van der Waals surface area contributed by atoms with Crippen molar-refractivity contribution >= 4 is 23.0 Å². The molecule has 154 valence electrons. The number of halogens is 2. The first kappa shape index (κ1) is 19.4. The van der Waals surface area contributed by atoms with Crippen molar-refractivity contribution in [1.82, 2.24) is 14.9 Å². The van der Waals surface area contributed by atoms with Gasteiger partial charge in [-0.1, -0.05) is 24.3 Å². The molecule has 31 heavy (non-hydrogen) atoms. The van der Waals surface area contributed by atoms with Gasteiger partial charge in [0.05, 0.1) is 17.4 Å². The Morgan fingerprint density at radius 2 is 1.74 bits per heavy atom. The Morgan fingerprint density at radius 3 is 2.52 bits per heavy atom. The van der Waals surface area contributed by atoms with Gasteiger partial charge in [0.25, 0.3) is 0 Å². The summed E-state index contributed by atoms with van der Waals surface area (Å²) in [7, 11) is 0. The van der Waals surface area contributed by atoms with Crippen LogP contribution in [-0.4, -0.2) is 14.7 Å². The summed E-state index contributed by atoms with van der Waals surface area (Å²) in [6, 6.07) is 21.7. The van der Waals surface area contributed by atoms with Gasteiger partial charge in [0.1, 0.15) is 17.7 Å². The molecule has 2 aromatic carbocycles. The van der Waals surface area contributed by atoms with Crippen LogP contribution in [0.25, 0.3) is 5.69 Å². The third-order valence-electron chi connectivity index (χ3n) is 5.38. The third kappa shape index (κ3) is 3.47. The standard InChI is InChI=1S/C24H18F2N4S/c25-16-7-5-8-17(15-16)29-14-6-12-21(29)23-22(19-10-3-4-13-27-19)28-24(31)30(23)20-11-2-1-9-18(20)26/h1-15,22-23H,(H,28,31)/t22-,23-/m1/s1. The van der Waals surface area contributed by atoms with Crippen molar-refractivity contribution in [2.24, 2.45) is 0 Å². The Balaban J connectivity index is 1.69. The van der Waals surface area contributed by atoms with Crippen LogP contribution < -0.4 is 10.2 Å². The van der Waals surface area contributed by atoms with E-state index >= 15 is 0 Å². The molecule has 0 saturated carbocycles. The molecule has 1 fully saturated rings. The maximum Gasteiger partial charge on any atom is 0.174 e. The van der Waals surface area contributed by atoms with E-state index in [0.717, 1.165) is 11.4 Å². The predicted octanol–water partition coefficient (Wildman–Crippen LogP) is 5.33. The van der Waals surface area contributed by atoms with Crippen molar-refractivity contribution in [1.29, 1.82) is 0 Å². The zero-order chi connectivity index (χ0) is 21.4. The molecule has 0 bridgehead atoms. The predicted molar refractivity (Wildman–Crippen MR) is 120 cm³/mol. The molecule has 0 radical (unpaired) electrons. The highest BCUT2D eigenvalue weighted by atomic mass is 32.1. The first-order valence-electron chi connectivity index (χ1n) is 9.82. The zero-order valence-electron chi connectivity index (χ0n) is 16.3.